The summed E-state index contributed by atoms with van der Waals surface area (Å²) in [5.41, 5.74) is 8.49. The Bertz CT molecular complexity index is 720. The number of nitrogens with two attached hydrogens (primary N) is 1. The van der Waals surface area contributed by atoms with E-state index < -0.39 is 0 Å². The number of nitrogens with zero attached hydrogens (tertiary/aromatic N) is 2. The lowest BCUT2D eigenvalue weighted by Crippen LogP contribution is -2.05. The van der Waals surface area contributed by atoms with Gasteiger partial charge in [0.05, 0.1) is 12.2 Å². The maximum absolute atomic E-state index is 13.2. The molecule has 0 spiro atoms. The molecule has 4 heteroatoms. The largest absolute Gasteiger partial charge is 0.384 e. The van der Waals surface area contributed by atoms with Gasteiger partial charge < -0.3 is 5.73 Å². The van der Waals surface area contributed by atoms with Gasteiger partial charge in [0.15, 0.2) is 0 Å². The second kappa shape index (κ2) is 5.17. The summed E-state index contributed by atoms with van der Waals surface area (Å²) in [6.45, 7) is 0.599. The zero-order valence-electron chi connectivity index (χ0n) is 10.8. The molecule has 3 rings (SSSR count). The van der Waals surface area contributed by atoms with Crippen molar-refractivity contribution in [3.05, 3.63) is 72.0 Å². The minimum atomic E-state index is -0.279. The lowest BCUT2D eigenvalue weighted by Gasteiger charge is -2.03. The van der Waals surface area contributed by atoms with Crippen LogP contribution in [-0.4, -0.2) is 9.78 Å². The summed E-state index contributed by atoms with van der Waals surface area (Å²) in [6.07, 6.45) is 0. The van der Waals surface area contributed by atoms with Crippen molar-refractivity contribution in [2.75, 3.05) is 5.73 Å². The number of aromatic nitrogens is 2. The molecule has 2 aromatic carbocycles. The summed E-state index contributed by atoms with van der Waals surface area (Å²) in [4.78, 5) is 0. The van der Waals surface area contributed by atoms with Crippen LogP contribution in [0.1, 0.15) is 5.56 Å². The Balaban J connectivity index is 1.91. The molecule has 0 amide bonds. The third-order valence-electron chi connectivity index (χ3n) is 3.11. The molecule has 20 heavy (non-hydrogen) atoms. The molecule has 3 aromatic rings. The number of benzene rings is 2. The van der Waals surface area contributed by atoms with Gasteiger partial charge in [-0.3, -0.25) is 0 Å². The first-order valence-electron chi connectivity index (χ1n) is 6.35. The van der Waals surface area contributed by atoms with Crippen LogP contribution < -0.4 is 5.73 Å². The van der Waals surface area contributed by atoms with Crippen molar-refractivity contribution in [3.8, 4) is 11.3 Å². The van der Waals surface area contributed by atoms with Crippen molar-refractivity contribution < 1.29 is 4.39 Å². The topological polar surface area (TPSA) is 43.8 Å². The molecule has 0 aliphatic carbocycles. The summed E-state index contributed by atoms with van der Waals surface area (Å²) in [6, 6.07) is 18.1. The van der Waals surface area contributed by atoms with Gasteiger partial charge in [-0.05, 0) is 17.7 Å². The number of hydrogen-bond acceptors (Lipinski definition) is 2. The molecule has 0 unspecified atom stereocenters. The van der Waals surface area contributed by atoms with E-state index in [1.54, 1.807) is 16.8 Å². The van der Waals surface area contributed by atoms with Crippen LogP contribution in [0, 0.1) is 5.82 Å². The fourth-order valence-corrected chi connectivity index (χ4v) is 2.10. The van der Waals surface area contributed by atoms with Crippen molar-refractivity contribution in [1.29, 1.82) is 0 Å². The first-order chi connectivity index (χ1) is 9.72. The highest BCUT2D eigenvalue weighted by Gasteiger charge is 2.08. The molecular weight excluding hydrogens is 253 g/mol. The van der Waals surface area contributed by atoms with Gasteiger partial charge >= 0.3 is 0 Å². The van der Waals surface area contributed by atoms with Crippen molar-refractivity contribution in [2.45, 2.75) is 6.54 Å². The predicted molar refractivity (Wildman–Crippen MR) is 77.6 cm³/mol. The maximum atomic E-state index is 13.2. The van der Waals surface area contributed by atoms with Crippen LogP contribution in [-0.2, 0) is 6.54 Å². The van der Waals surface area contributed by atoms with Gasteiger partial charge in [-0.15, -0.1) is 0 Å². The number of anilines is 1. The Morgan fingerprint density at radius 2 is 1.80 bits per heavy atom. The second-order valence-electron chi connectivity index (χ2n) is 4.61. The van der Waals surface area contributed by atoms with Gasteiger partial charge in [-0.25, -0.2) is 9.07 Å². The van der Waals surface area contributed by atoms with Gasteiger partial charge in [-0.2, -0.15) is 5.10 Å². The van der Waals surface area contributed by atoms with E-state index in [2.05, 4.69) is 5.10 Å². The Morgan fingerprint density at radius 3 is 2.55 bits per heavy atom. The standard InChI is InChI=1S/C16H14FN3/c17-14-8-4-7-13(9-14)15-10-16(18)20(19-15)11-12-5-2-1-3-6-12/h1-10H,11,18H2. The minimum absolute atomic E-state index is 0.279. The fourth-order valence-electron chi connectivity index (χ4n) is 2.10. The highest BCUT2D eigenvalue weighted by Crippen LogP contribution is 2.21. The average Bonchev–Trinajstić information content (AvgIpc) is 2.81. The molecular formula is C16H14FN3. The fraction of sp³-hybridized carbons (Fsp3) is 0.0625. The molecule has 0 aliphatic heterocycles. The summed E-state index contributed by atoms with van der Waals surface area (Å²) in [5, 5.41) is 4.44. The molecule has 1 heterocycles. The summed E-state index contributed by atoms with van der Waals surface area (Å²) in [7, 11) is 0. The van der Waals surface area contributed by atoms with Gasteiger partial charge in [0, 0.05) is 11.6 Å². The third kappa shape index (κ3) is 2.54. The van der Waals surface area contributed by atoms with Crippen LogP contribution in [0.3, 0.4) is 0 Å². The predicted octanol–water partition coefficient (Wildman–Crippen LogP) is 3.32. The van der Waals surface area contributed by atoms with Crippen LogP contribution in [0.25, 0.3) is 11.3 Å². The van der Waals surface area contributed by atoms with Crippen molar-refractivity contribution >= 4 is 5.82 Å². The molecule has 0 saturated carbocycles. The van der Waals surface area contributed by atoms with E-state index in [0.29, 0.717) is 18.1 Å². The van der Waals surface area contributed by atoms with E-state index in [4.69, 9.17) is 5.73 Å². The van der Waals surface area contributed by atoms with E-state index >= 15 is 0 Å². The molecule has 0 atom stereocenters. The second-order valence-corrected chi connectivity index (χ2v) is 4.61. The van der Waals surface area contributed by atoms with Crippen molar-refractivity contribution in [1.82, 2.24) is 9.78 Å². The number of halogens is 1. The highest BCUT2D eigenvalue weighted by molar-refractivity contribution is 5.62. The lowest BCUT2D eigenvalue weighted by atomic mass is 10.1. The summed E-state index contributed by atoms with van der Waals surface area (Å²) in [5.74, 6) is 0.284. The van der Waals surface area contributed by atoms with E-state index in [1.165, 1.54) is 12.1 Å². The molecule has 0 fully saturated rings. The van der Waals surface area contributed by atoms with Crippen molar-refractivity contribution in [2.24, 2.45) is 0 Å². The lowest BCUT2D eigenvalue weighted by molar-refractivity contribution is 0.628. The molecule has 100 valence electrons. The number of hydrogen-bond donors (Lipinski definition) is 1. The zero-order valence-corrected chi connectivity index (χ0v) is 10.8. The molecule has 2 N–H and O–H groups in total. The van der Waals surface area contributed by atoms with Crippen LogP contribution in [0.4, 0.5) is 10.2 Å². The first-order valence-corrected chi connectivity index (χ1v) is 6.35. The molecule has 0 saturated heterocycles. The summed E-state index contributed by atoms with van der Waals surface area (Å²) >= 11 is 0. The van der Waals surface area contributed by atoms with E-state index in [0.717, 1.165) is 11.1 Å². The highest BCUT2D eigenvalue weighted by atomic mass is 19.1. The monoisotopic (exact) mass is 267 g/mol. The van der Waals surface area contributed by atoms with Crippen LogP contribution in [0.2, 0.25) is 0 Å². The average molecular weight is 267 g/mol. The van der Waals surface area contributed by atoms with Gasteiger partial charge in [0.1, 0.15) is 11.6 Å². The van der Waals surface area contributed by atoms with E-state index in [1.807, 2.05) is 36.4 Å². The van der Waals surface area contributed by atoms with Crippen LogP contribution in [0.15, 0.2) is 60.7 Å². The Hall–Kier alpha value is -2.62. The Morgan fingerprint density at radius 1 is 1.00 bits per heavy atom. The molecule has 0 bridgehead atoms. The number of nitrogen functional groups attached to an aromatic ring is 1. The van der Waals surface area contributed by atoms with E-state index in [9.17, 15) is 4.39 Å². The molecule has 1 aromatic heterocycles. The summed E-state index contributed by atoms with van der Waals surface area (Å²) < 4.78 is 15.0. The Kier molecular flexibility index (Phi) is 3.21. The minimum Gasteiger partial charge on any atom is -0.384 e. The SMILES string of the molecule is Nc1cc(-c2cccc(F)c2)nn1Cc1ccccc1. The van der Waals surface area contributed by atoms with Gasteiger partial charge in [0.2, 0.25) is 0 Å². The third-order valence-corrected chi connectivity index (χ3v) is 3.11. The zero-order chi connectivity index (χ0) is 13.9. The smallest absolute Gasteiger partial charge is 0.123 e. The normalized spacial score (nSPS) is 10.7. The van der Waals surface area contributed by atoms with Gasteiger partial charge in [0.25, 0.3) is 0 Å². The van der Waals surface area contributed by atoms with E-state index in [-0.39, 0.29) is 5.82 Å². The van der Waals surface area contributed by atoms with Gasteiger partial charge in [-0.1, -0.05) is 42.5 Å². The molecule has 3 nitrogen and oxygen atoms in total. The van der Waals surface area contributed by atoms with Crippen molar-refractivity contribution in [3.63, 3.8) is 0 Å². The Labute approximate surface area is 116 Å². The molecule has 0 radical (unpaired) electrons. The molecule has 0 aliphatic rings. The quantitative estimate of drug-likeness (QED) is 0.791. The van der Waals surface area contributed by atoms with Crippen LogP contribution in [0.5, 0.6) is 0 Å². The maximum Gasteiger partial charge on any atom is 0.123 e. The number of rotatable bonds is 3. The van der Waals surface area contributed by atoms with Crippen LogP contribution >= 0.6 is 0 Å². The first kappa shape index (κ1) is 12.4.